The number of hydrogen-bond donors (Lipinski definition) is 2. The summed E-state index contributed by atoms with van der Waals surface area (Å²) >= 11 is 0. The number of aromatic nitrogens is 1. The third kappa shape index (κ3) is 2.23. The number of nitrogens with one attached hydrogen (secondary N) is 2. The van der Waals surface area contributed by atoms with Gasteiger partial charge in [0.25, 0.3) is 0 Å². The lowest BCUT2D eigenvalue weighted by Gasteiger charge is -2.08. The van der Waals surface area contributed by atoms with Crippen molar-refractivity contribution in [1.29, 1.82) is 5.26 Å². The molecule has 21 heavy (non-hydrogen) atoms. The van der Waals surface area contributed by atoms with E-state index in [1.807, 2.05) is 18.2 Å². The fourth-order valence-corrected chi connectivity index (χ4v) is 2.32. The number of rotatable bonds is 2. The summed E-state index contributed by atoms with van der Waals surface area (Å²) in [6.07, 6.45) is -0.228. The molecule has 0 aliphatic rings. The van der Waals surface area contributed by atoms with Crippen molar-refractivity contribution in [1.82, 2.24) is 4.98 Å². The molecule has 0 saturated carbocycles. The molecular formula is C16H11N3O2. The number of fused-ring (bicyclic) bond motifs is 2. The molecule has 1 aromatic heterocycles. The first kappa shape index (κ1) is 12.9. The van der Waals surface area contributed by atoms with Gasteiger partial charge < -0.3 is 10.3 Å². The maximum atomic E-state index is 12.5. The van der Waals surface area contributed by atoms with Crippen molar-refractivity contribution in [2.45, 2.75) is 6.42 Å². The molecule has 0 atom stereocenters. The molecule has 2 N–H and O–H groups in total. The van der Waals surface area contributed by atoms with Crippen LogP contribution in [0.2, 0.25) is 0 Å². The lowest BCUT2D eigenvalue weighted by atomic mass is 10.1. The Hall–Kier alpha value is -3.13. The number of amides is 1. The Morgan fingerprint density at radius 2 is 1.90 bits per heavy atom. The predicted molar refractivity (Wildman–Crippen MR) is 80.9 cm³/mol. The van der Waals surface area contributed by atoms with E-state index in [-0.39, 0.29) is 11.8 Å². The summed E-state index contributed by atoms with van der Waals surface area (Å²) in [5.74, 6) is -0.404. The summed E-state index contributed by atoms with van der Waals surface area (Å²) in [6.45, 7) is 0. The maximum Gasteiger partial charge on any atom is 0.238 e. The van der Waals surface area contributed by atoms with Crippen molar-refractivity contribution in [3.63, 3.8) is 0 Å². The number of hydrogen-bond acceptors (Lipinski definition) is 3. The highest BCUT2D eigenvalue weighted by molar-refractivity contribution is 6.03. The largest absolute Gasteiger partial charge is 0.353 e. The van der Waals surface area contributed by atoms with Gasteiger partial charge in [-0.3, -0.25) is 9.59 Å². The zero-order valence-corrected chi connectivity index (χ0v) is 11.0. The summed E-state index contributed by atoms with van der Waals surface area (Å²) in [6, 6.07) is 14.1. The summed E-state index contributed by atoms with van der Waals surface area (Å²) in [4.78, 5) is 27.2. The number of carbonyl (C=O) groups excluding carboxylic acids is 1. The van der Waals surface area contributed by atoms with Crippen LogP contribution >= 0.6 is 0 Å². The molecular weight excluding hydrogens is 266 g/mol. The first-order valence-electron chi connectivity index (χ1n) is 6.41. The highest BCUT2D eigenvalue weighted by atomic mass is 16.1. The first-order chi connectivity index (χ1) is 10.2. The molecule has 5 heteroatoms. The second-order valence-corrected chi connectivity index (χ2v) is 4.61. The van der Waals surface area contributed by atoms with Gasteiger partial charge in [-0.05, 0) is 24.3 Å². The molecule has 0 fully saturated rings. The van der Waals surface area contributed by atoms with E-state index >= 15 is 0 Å². The zero-order chi connectivity index (χ0) is 14.8. The van der Waals surface area contributed by atoms with Gasteiger partial charge in [0.05, 0.1) is 17.3 Å². The van der Waals surface area contributed by atoms with Gasteiger partial charge >= 0.3 is 0 Å². The van der Waals surface area contributed by atoms with Gasteiger partial charge in [-0.15, -0.1) is 0 Å². The third-order valence-electron chi connectivity index (χ3n) is 3.25. The zero-order valence-electron chi connectivity index (χ0n) is 11.0. The normalized spacial score (nSPS) is 10.4. The SMILES string of the molecule is N#CCC(=O)Nc1cccc2c(=O)c3ccccc3[nH]c12. The van der Waals surface area contributed by atoms with Gasteiger partial charge in [-0.1, -0.05) is 18.2 Å². The number of aromatic amines is 1. The Kier molecular flexibility index (Phi) is 3.13. The van der Waals surface area contributed by atoms with Crippen molar-refractivity contribution < 1.29 is 4.79 Å². The van der Waals surface area contributed by atoms with Gasteiger partial charge in [-0.2, -0.15) is 5.26 Å². The topological polar surface area (TPSA) is 85.8 Å². The fourth-order valence-electron chi connectivity index (χ4n) is 2.32. The average Bonchev–Trinajstić information content (AvgIpc) is 2.49. The van der Waals surface area contributed by atoms with Crippen LogP contribution in [0.25, 0.3) is 21.8 Å². The van der Waals surface area contributed by atoms with E-state index in [0.717, 1.165) is 0 Å². The van der Waals surface area contributed by atoms with Crippen LogP contribution in [0.1, 0.15) is 6.42 Å². The number of pyridine rings is 1. The van der Waals surface area contributed by atoms with Gasteiger partial charge in [-0.25, -0.2) is 0 Å². The molecule has 0 unspecified atom stereocenters. The minimum Gasteiger partial charge on any atom is -0.353 e. The van der Waals surface area contributed by atoms with Crippen LogP contribution in [0.15, 0.2) is 47.3 Å². The van der Waals surface area contributed by atoms with E-state index in [0.29, 0.717) is 27.5 Å². The molecule has 0 spiro atoms. The van der Waals surface area contributed by atoms with Crippen LogP contribution in [0.3, 0.4) is 0 Å². The van der Waals surface area contributed by atoms with Crippen LogP contribution < -0.4 is 10.7 Å². The molecule has 0 aliphatic heterocycles. The minimum absolute atomic E-state index is 0.0873. The standard InChI is InChI=1S/C16H11N3O2/c17-9-8-14(20)18-13-7-3-5-11-15(13)19-12-6-2-1-4-10(12)16(11)21/h1-7H,8H2,(H,18,20)(H,19,21). The first-order valence-corrected chi connectivity index (χ1v) is 6.41. The third-order valence-corrected chi connectivity index (χ3v) is 3.25. The van der Waals surface area contributed by atoms with E-state index < -0.39 is 5.91 Å². The Morgan fingerprint density at radius 3 is 2.71 bits per heavy atom. The van der Waals surface area contributed by atoms with E-state index in [1.165, 1.54) is 0 Å². The highest BCUT2D eigenvalue weighted by Gasteiger charge is 2.10. The van der Waals surface area contributed by atoms with Crippen molar-refractivity contribution in [2.75, 3.05) is 5.32 Å². The summed E-state index contributed by atoms with van der Waals surface area (Å²) in [7, 11) is 0. The maximum absolute atomic E-state index is 12.5. The quantitative estimate of drug-likeness (QED) is 0.706. The second kappa shape index (κ2) is 5.10. The Bertz CT molecular complexity index is 951. The number of carbonyl (C=O) groups is 1. The smallest absolute Gasteiger partial charge is 0.238 e. The predicted octanol–water partition coefficient (Wildman–Crippen LogP) is 2.53. The number of nitriles is 1. The number of benzene rings is 2. The van der Waals surface area contributed by atoms with Crippen LogP contribution in [-0.2, 0) is 4.79 Å². The number of nitrogens with zero attached hydrogens (tertiary/aromatic N) is 1. The Labute approximate surface area is 119 Å². The van der Waals surface area contributed by atoms with Crippen molar-refractivity contribution in [3.8, 4) is 6.07 Å². The van der Waals surface area contributed by atoms with Crippen LogP contribution in [-0.4, -0.2) is 10.9 Å². The summed E-state index contributed by atoms with van der Waals surface area (Å²) < 4.78 is 0. The van der Waals surface area contributed by atoms with Crippen LogP contribution in [0, 0.1) is 11.3 Å². The Morgan fingerprint density at radius 1 is 1.14 bits per heavy atom. The minimum atomic E-state index is -0.404. The molecule has 2 aromatic carbocycles. The molecule has 0 bridgehead atoms. The van der Waals surface area contributed by atoms with Gasteiger partial charge in [0.15, 0.2) is 5.43 Å². The molecule has 0 aliphatic carbocycles. The van der Waals surface area contributed by atoms with E-state index in [1.54, 1.807) is 30.3 Å². The summed E-state index contributed by atoms with van der Waals surface area (Å²) in [5.41, 5.74) is 1.68. The van der Waals surface area contributed by atoms with E-state index in [9.17, 15) is 9.59 Å². The van der Waals surface area contributed by atoms with Crippen molar-refractivity contribution in [2.24, 2.45) is 0 Å². The number of para-hydroxylation sites is 2. The summed E-state index contributed by atoms with van der Waals surface area (Å²) in [5, 5.41) is 12.3. The van der Waals surface area contributed by atoms with E-state index in [2.05, 4.69) is 10.3 Å². The molecule has 0 radical (unpaired) electrons. The monoisotopic (exact) mass is 277 g/mol. The molecule has 1 amide bonds. The van der Waals surface area contributed by atoms with Crippen LogP contribution in [0.5, 0.6) is 0 Å². The molecule has 3 aromatic rings. The highest BCUT2D eigenvalue weighted by Crippen LogP contribution is 2.22. The van der Waals surface area contributed by atoms with E-state index in [4.69, 9.17) is 5.26 Å². The molecule has 0 saturated heterocycles. The van der Waals surface area contributed by atoms with Crippen molar-refractivity contribution >= 4 is 33.4 Å². The molecule has 5 nitrogen and oxygen atoms in total. The number of H-pyrrole nitrogens is 1. The van der Waals surface area contributed by atoms with Gasteiger partial charge in [0.1, 0.15) is 6.42 Å². The second-order valence-electron chi connectivity index (χ2n) is 4.61. The van der Waals surface area contributed by atoms with Gasteiger partial charge in [0.2, 0.25) is 5.91 Å². The van der Waals surface area contributed by atoms with Crippen LogP contribution in [0.4, 0.5) is 5.69 Å². The lowest BCUT2D eigenvalue weighted by molar-refractivity contribution is -0.115. The lowest BCUT2D eigenvalue weighted by Crippen LogP contribution is -2.12. The van der Waals surface area contributed by atoms with Crippen molar-refractivity contribution in [3.05, 3.63) is 52.7 Å². The number of anilines is 1. The van der Waals surface area contributed by atoms with Gasteiger partial charge in [0, 0.05) is 16.3 Å². The molecule has 102 valence electrons. The molecule has 1 heterocycles. The average molecular weight is 277 g/mol. The fraction of sp³-hybridized carbons (Fsp3) is 0.0625. The molecule has 3 rings (SSSR count). The Balaban J connectivity index is 2.26.